The molecule has 0 amide bonds. The van der Waals surface area contributed by atoms with Gasteiger partial charge in [-0.1, -0.05) is 12.5 Å². The molecule has 0 saturated heterocycles. The quantitative estimate of drug-likeness (QED) is 0.722. The second-order valence-corrected chi connectivity index (χ2v) is 4.23. The molecule has 1 aromatic carbocycles. The molecule has 1 aromatic rings. The molecule has 1 atom stereocenters. The highest BCUT2D eigenvalue weighted by atomic mass is 35.5. The zero-order valence-corrected chi connectivity index (χ0v) is 12.5. The van der Waals surface area contributed by atoms with Crippen molar-refractivity contribution in [3.05, 3.63) is 23.8 Å². The molecule has 0 heterocycles. The van der Waals surface area contributed by atoms with E-state index in [9.17, 15) is 0 Å². The van der Waals surface area contributed by atoms with Crippen molar-refractivity contribution in [1.29, 1.82) is 0 Å². The van der Waals surface area contributed by atoms with Gasteiger partial charge in [0.25, 0.3) is 0 Å². The van der Waals surface area contributed by atoms with Crippen LogP contribution in [0.2, 0.25) is 0 Å². The zero-order valence-electron chi connectivity index (χ0n) is 11.7. The van der Waals surface area contributed by atoms with Gasteiger partial charge in [-0.05, 0) is 44.0 Å². The fraction of sp³-hybridized carbons (Fsp3) is 0.571. The molecular weight excluding hydrogens is 264 g/mol. The van der Waals surface area contributed by atoms with Gasteiger partial charge in [-0.25, -0.2) is 0 Å². The van der Waals surface area contributed by atoms with Gasteiger partial charge in [0.05, 0.1) is 13.7 Å². The van der Waals surface area contributed by atoms with Crippen LogP contribution in [0.25, 0.3) is 0 Å². The summed E-state index contributed by atoms with van der Waals surface area (Å²) >= 11 is 0. The van der Waals surface area contributed by atoms with E-state index in [2.05, 4.69) is 0 Å². The minimum atomic E-state index is 0. The standard InChI is InChI=1S/C14H24N2O2.ClH/c1-3-18-13-8-7-11(10-14(13)17-2)12(16)6-4-5-9-15;/h7-8,10,12H,3-6,9,15-16H2,1-2H3;1H/t12-;/m0./s1. The molecule has 0 radical (unpaired) electrons. The third-order valence-corrected chi connectivity index (χ3v) is 2.88. The van der Waals surface area contributed by atoms with Crippen LogP contribution in [0.1, 0.15) is 37.8 Å². The lowest BCUT2D eigenvalue weighted by atomic mass is 10.0. The fourth-order valence-electron chi connectivity index (χ4n) is 1.86. The van der Waals surface area contributed by atoms with E-state index in [-0.39, 0.29) is 18.4 Å². The predicted molar refractivity (Wildman–Crippen MR) is 81.2 cm³/mol. The number of benzene rings is 1. The Hall–Kier alpha value is -0.970. The first-order chi connectivity index (χ1) is 8.72. The van der Waals surface area contributed by atoms with E-state index in [4.69, 9.17) is 20.9 Å². The molecule has 0 bridgehead atoms. The van der Waals surface area contributed by atoms with Crippen molar-refractivity contribution in [2.24, 2.45) is 11.5 Å². The highest BCUT2D eigenvalue weighted by molar-refractivity contribution is 5.85. The molecule has 0 aliphatic heterocycles. The van der Waals surface area contributed by atoms with Gasteiger partial charge in [0.2, 0.25) is 0 Å². The molecule has 0 aliphatic rings. The Bertz CT molecular complexity index is 361. The number of hydrogen-bond donors (Lipinski definition) is 2. The maximum absolute atomic E-state index is 6.15. The SMILES string of the molecule is CCOc1ccc([C@@H](N)CCCCN)cc1OC.Cl. The van der Waals surface area contributed by atoms with E-state index < -0.39 is 0 Å². The summed E-state index contributed by atoms with van der Waals surface area (Å²) in [5.41, 5.74) is 12.7. The van der Waals surface area contributed by atoms with Gasteiger partial charge in [0.15, 0.2) is 11.5 Å². The lowest BCUT2D eigenvalue weighted by Gasteiger charge is -2.15. The summed E-state index contributed by atoms with van der Waals surface area (Å²) in [5.74, 6) is 1.50. The summed E-state index contributed by atoms with van der Waals surface area (Å²) in [6.07, 6.45) is 3.00. The molecule has 4 N–H and O–H groups in total. The van der Waals surface area contributed by atoms with Gasteiger partial charge in [-0.3, -0.25) is 0 Å². The number of ether oxygens (including phenoxy) is 2. The number of rotatable bonds is 8. The van der Waals surface area contributed by atoms with Crippen molar-refractivity contribution in [2.45, 2.75) is 32.2 Å². The summed E-state index contributed by atoms with van der Waals surface area (Å²) in [6.45, 7) is 3.30. The molecule has 110 valence electrons. The molecule has 0 unspecified atom stereocenters. The monoisotopic (exact) mass is 288 g/mol. The van der Waals surface area contributed by atoms with Crippen molar-refractivity contribution in [3.8, 4) is 11.5 Å². The minimum Gasteiger partial charge on any atom is -0.493 e. The highest BCUT2D eigenvalue weighted by Gasteiger charge is 2.10. The van der Waals surface area contributed by atoms with Crippen LogP contribution in [0.5, 0.6) is 11.5 Å². The van der Waals surface area contributed by atoms with E-state index in [1.165, 1.54) is 0 Å². The summed E-state index contributed by atoms with van der Waals surface area (Å²) in [6, 6.07) is 5.90. The number of unbranched alkanes of at least 4 members (excludes halogenated alkanes) is 1. The van der Waals surface area contributed by atoms with E-state index in [0.717, 1.165) is 42.9 Å². The first-order valence-corrected chi connectivity index (χ1v) is 6.49. The summed E-state index contributed by atoms with van der Waals surface area (Å²) in [7, 11) is 1.64. The number of methoxy groups -OCH3 is 1. The largest absolute Gasteiger partial charge is 0.493 e. The van der Waals surface area contributed by atoms with Crippen LogP contribution in [0.15, 0.2) is 18.2 Å². The second-order valence-electron chi connectivity index (χ2n) is 4.23. The van der Waals surface area contributed by atoms with E-state index in [1.807, 2.05) is 25.1 Å². The Kier molecular flexibility index (Phi) is 9.39. The third-order valence-electron chi connectivity index (χ3n) is 2.88. The molecule has 0 spiro atoms. The smallest absolute Gasteiger partial charge is 0.161 e. The molecule has 0 fully saturated rings. The van der Waals surface area contributed by atoms with Crippen LogP contribution < -0.4 is 20.9 Å². The normalized spacial score (nSPS) is 11.6. The van der Waals surface area contributed by atoms with Gasteiger partial charge in [0, 0.05) is 6.04 Å². The lowest BCUT2D eigenvalue weighted by molar-refractivity contribution is 0.310. The Labute approximate surface area is 121 Å². The van der Waals surface area contributed by atoms with Crippen molar-refractivity contribution in [3.63, 3.8) is 0 Å². The van der Waals surface area contributed by atoms with Crippen molar-refractivity contribution in [2.75, 3.05) is 20.3 Å². The zero-order chi connectivity index (χ0) is 13.4. The van der Waals surface area contributed by atoms with Gasteiger partial charge in [-0.15, -0.1) is 12.4 Å². The lowest BCUT2D eigenvalue weighted by Crippen LogP contribution is -2.11. The first-order valence-electron chi connectivity index (χ1n) is 6.49. The molecule has 1 rings (SSSR count). The van der Waals surface area contributed by atoms with Crippen molar-refractivity contribution >= 4 is 12.4 Å². The molecule has 4 nitrogen and oxygen atoms in total. The molecule has 0 aliphatic carbocycles. The number of nitrogens with two attached hydrogens (primary N) is 2. The molecule has 19 heavy (non-hydrogen) atoms. The summed E-state index contributed by atoms with van der Waals surface area (Å²) in [5, 5.41) is 0. The third kappa shape index (κ3) is 5.68. The second kappa shape index (κ2) is 9.89. The van der Waals surface area contributed by atoms with Crippen molar-refractivity contribution < 1.29 is 9.47 Å². The maximum Gasteiger partial charge on any atom is 0.161 e. The Morgan fingerprint density at radius 2 is 1.95 bits per heavy atom. The Morgan fingerprint density at radius 1 is 1.21 bits per heavy atom. The Balaban J connectivity index is 0.00000324. The van der Waals surface area contributed by atoms with E-state index in [0.29, 0.717) is 6.61 Å². The average Bonchev–Trinajstić information content (AvgIpc) is 2.39. The van der Waals surface area contributed by atoms with Crippen LogP contribution in [0.3, 0.4) is 0 Å². The van der Waals surface area contributed by atoms with Gasteiger partial charge in [0.1, 0.15) is 0 Å². The van der Waals surface area contributed by atoms with Gasteiger partial charge in [-0.2, -0.15) is 0 Å². The van der Waals surface area contributed by atoms with Gasteiger partial charge >= 0.3 is 0 Å². The highest BCUT2D eigenvalue weighted by Crippen LogP contribution is 2.30. The minimum absolute atomic E-state index is 0. The van der Waals surface area contributed by atoms with Gasteiger partial charge < -0.3 is 20.9 Å². The van der Waals surface area contributed by atoms with E-state index >= 15 is 0 Å². The van der Waals surface area contributed by atoms with Crippen LogP contribution in [0.4, 0.5) is 0 Å². The van der Waals surface area contributed by atoms with E-state index in [1.54, 1.807) is 7.11 Å². The number of halogens is 1. The van der Waals surface area contributed by atoms with Crippen molar-refractivity contribution in [1.82, 2.24) is 0 Å². The number of hydrogen-bond acceptors (Lipinski definition) is 4. The summed E-state index contributed by atoms with van der Waals surface area (Å²) in [4.78, 5) is 0. The fourth-order valence-corrected chi connectivity index (χ4v) is 1.86. The maximum atomic E-state index is 6.15. The van der Waals surface area contributed by atoms with Crippen LogP contribution in [-0.4, -0.2) is 20.3 Å². The van der Waals surface area contributed by atoms with Crippen LogP contribution >= 0.6 is 12.4 Å². The average molecular weight is 289 g/mol. The predicted octanol–water partition coefficient (Wildman–Crippen LogP) is 2.64. The molecule has 5 heteroatoms. The molecule has 0 saturated carbocycles. The van der Waals surface area contributed by atoms with Crippen LogP contribution in [-0.2, 0) is 0 Å². The topological polar surface area (TPSA) is 70.5 Å². The summed E-state index contributed by atoms with van der Waals surface area (Å²) < 4.78 is 10.8. The first kappa shape index (κ1) is 18.0. The van der Waals surface area contributed by atoms with Crippen LogP contribution in [0, 0.1) is 0 Å². The molecular formula is C14H25ClN2O2. The Morgan fingerprint density at radius 3 is 2.53 bits per heavy atom. The molecule has 0 aromatic heterocycles.